The maximum Gasteiger partial charge on any atom is 0.417 e. The number of hydrogen-bond donors (Lipinski definition) is 2. The number of nitriles is 1. The lowest BCUT2D eigenvalue weighted by Gasteiger charge is -2.63. The minimum absolute atomic E-state index is 0.00293. The molecule has 1 unspecified atom stereocenters. The first-order valence-electron chi connectivity index (χ1n) is 19.0. The molecule has 3 fully saturated rings. The van der Waals surface area contributed by atoms with Crippen molar-refractivity contribution in [1.82, 2.24) is 20.4 Å². The van der Waals surface area contributed by atoms with Crippen LogP contribution in [-0.4, -0.2) is 96.9 Å². The van der Waals surface area contributed by atoms with Crippen molar-refractivity contribution in [2.24, 2.45) is 10.8 Å². The van der Waals surface area contributed by atoms with E-state index in [0.717, 1.165) is 48.9 Å². The Morgan fingerprint density at radius 2 is 1.55 bits per heavy atom. The molecule has 7 rings (SSSR count). The Morgan fingerprint density at radius 3 is 2.19 bits per heavy atom. The number of imide groups is 2. The van der Waals surface area contributed by atoms with Crippen molar-refractivity contribution in [3.63, 3.8) is 0 Å². The lowest BCUT2D eigenvalue weighted by atomic mass is 9.49. The third-order valence-electron chi connectivity index (χ3n) is 11.7. The topological polar surface area (TPSA) is 161 Å². The minimum atomic E-state index is -4.71. The molecule has 0 bridgehead atoms. The molecule has 13 nitrogen and oxygen atoms in total. The molecule has 3 aromatic rings. The highest BCUT2D eigenvalue weighted by molar-refractivity contribution is 6.23. The highest BCUT2D eigenvalue weighted by Crippen LogP contribution is 2.55. The Labute approximate surface area is 333 Å². The van der Waals surface area contributed by atoms with Crippen LogP contribution < -0.4 is 25.0 Å². The number of benzene rings is 3. The lowest BCUT2D eigenvalue weighted by Crippen LogP contribution is -2.74. The summed E-state index contributed by atoms with van der Waals surface area (Å²) in [5.41, 5.74) is -1.00. The number of halogens is 3. The van der Waals surface area contributed by atoms with Gasteiger partial charge in [-0.25, -0.2) is 0 Å². The number of piperazine rings is 1. The standard InChI is InChI=1S/C42H43F3N6O7/c1-40(2)38(41(3,4)39(40)58-28-10-7-25(23-46)31(22-28)42(43,44)45)48-34(53)24-5-8-26(9-6-24)50-17-15-49(16-18-50)19-20-57-27-11-12-29-30(21-27)37(56)51(36(29)55)32-13-14-33(52)47-35(32)54/h5-12,21-22,32,38-39H,13-20H2,1-4H3,(H,48,53)(H,47,52,54)/t32?,38-,39-. The smallest absolute Gasteiger partial charge is 0.417 e. The molecule has 58 heavy (non-hydrogen) atoms. The van der Waals surface area contributed by atoms with Crippen LogP contribution in [0.2, 0.25) is 0 Å². The molecule has 1 atom stereocenters. The van der Waals surface area contributed by atoms with Crippen molar-refractivity contribution in [3.8, 4) is 17.6 Å². The zero-order valence-electron chi connectivity index (χ0n) is 32.4. The first-order chi connectivity index (χ1) is 27.4. The van der Waals surface area contributed by atoms with E-state index < -0.39 is 63.9 Å². The fourth-order valence-corrected chi connectivity index (χ4v) is 8.96. The predicted molar refractivity (Wildman–Crippen MR) is 203 cm³/mol. The zero-order chi connectivity index (χ0) is 41.7. The molecule has 1 saturated carbocycles. The Morgan fingerprint density at radius 1 is 0.897 bits per heavy atom. The van der Waals surface area contributed by atoms with Crippen molar-refractivity contribution in [1.29, 1.82) is 5.26 Å². The van der Waals surface area contributed by atoms with Crippen molar-refractivity contribution in [3.05, 3.63) is 88.5 Å². The number of nitrogens with one attached hydrogen (secondary N) is 2. The van der Waals surface area contributed by atoms with Crippen molar-refractivity contribution >= 4 is 35.2 Å². The van der Waals surface area contributed by atoms with E-state index in [1.165, 1.54) is 18.2 Å². The Hall–Kier alpha value is -5.95. The maximum absolute atomic E-state index is 13.6. The minimum Gasteiger partial charge on any atom is -0.492 e. The van der Waals surface area contributed by atoms with E-state index in [1.807, 2.05) is 39.8 Å². The molecule has 2 N–H and O–H groups in total. The van der Waals surface area contributed by atoms with Crippen LogP contribution in [0.5, 0.6) is 11.5 Å². The third kappa shape index (κ3) is 7.46. The molecule has 16 heteroatoms. The summed E-state index contributed by atoms with van der Waals surface area (Å²) >= 11 is 0. The third-order valence-corrected chi connectivity index (χ3v) is 11.7. The first kappa shape index (κ1) is 40.3. The summed E-state index contributed by atoms with van der Waals surface area (Å²) in [4.78, 5) is 68.8. The summed E-state index contributed by atoms with van der Waals surface area (Å²) < 4.78 is 52.8. The number of amides is 5. The number of ether oxygens (including phenoxy) is 2. The van der Waals surface area contributed by atoms with E-state index in [0.29, 0.717) is 24.5 Å². The molecule has 1 aliphatic carbocycles. The highest BCUT2D eigenvalue weighted by atomic mass is 19.4. The highest BCUT2D eigenvalue weighted by Gasteiger charge is 2.64. The lowest BCUT2D eigenvalue weighted by molar-refractivity contribution is -0.164. The van der Waals surface area contributed by atoms with Crippen molar-refractivity contribution in [2.45, 2.75) is 64.9 Å². The molecule has 304 valence electrons. The van der Waals surface area contributed by atoms with Gasteiger partial charge in [0.1, 0.15) is 30.3 Å². The van der Waals surface area contributed by atoms with Crippen molar-refractivity contribution in [2.75, 3.05) is 44.2 Å². The number of alkyl halides is 3. The second kappa shape index (κ2) is 15.1. The molecule has 3 aromatic carbocycles. The molecule has 0 aromatic heterocycles. The van der Waals surface area contributed by atoms with Gasteiger partial charge in [0, 0.05) is 67.3 Å². The number of carbonyl (C=O) groups excluding carboxylic acids is 5. The largest absolute Gasteiger partial charge is 0.492 e. The average Bonchev–Trinajstić information content (AvgIpc) is 3.43. The fourth-order valence-electron chi connectivity index (χ4n) is 8.96. The van der Waals surface area contributed by atoms with Gasteiger partial charge >= 0.3 is 6.18 Å². The van der Waals surface area contributed by atoms with E-state index in [9.17, 15) is 37.1 Å². The second-order valence-corrected chi connectivity index (χ2v) is 16.2. The molecule has 0 radical (unpaired) electrons. The van der Waals surface area contributed by atoms with Crippen LogP contribution in [0.4, 0.5) is 18.9 Å². The van der Waals surface area contributed by atoms with Gasteiger partial charge in [0.2, 0.25) is 11.8 Å². The van der Waals surface area contributed by atoms with E-state index in [-0.39, 0.29) is 41.7 Å². The Kier molecular flexibility index (Phi) is 10.5. The van der Waals surface area contributed by atoms with Crippen LogP contribution in [0.15, 0.2) is 60.7 Å². The summed E-state index contributed by atoms with van der Waals surface area (Å²) in [6.07, 6.45) is -5.10. The second-order valence-electron chi connectivity index (χ2n) is 16.2. The number of carbonyl (C=O) groups is 5. The molecule has 3 aliphatic heterocycles. The van der Waals surface area contributed by atoms with Crippen LogP contribution in [0.1, 0.15) is 82.7 Å². The average molecular weight is 801 g/mol. The monoisotopic (exact) mass is 800 g/mol. The molecule has 2 saturated heterocycles. The molecule has 5 amide bonds. The van der Waals surface area contributed by atoms with Gasteiger partial charge in [0.25, 0.3) is 17.7 Å². The molecular formula is C42H43F3N6O7. The van der Waals surface area contributed by atoms with Gasteiger partial charge in [-0.3, -0.25) is 39.1 Å². The van der Waals surface area contributed by atoms with Crippen LogP contribution in [0.25, 0.3) is 0 Å². The number of fused-ring (bicyclic) bond motifs is 1. The fraction of sp³-hybridized carbons (Fsp3) is 0.429. The van der Waals surface area contributed by atoms with Gasteiger partial charge in [-0.05, 0) is 67.1 Å². The molecule has 3 heterocycles. The van der Waals surface area contributed by atoms with Gasteiger partial charge in [-0.2, -0.15) is 18.4 Å². The molecule has 4 aliphatic rings. The summed E-state index contributed by atoms with van der Waals surface area (Å²) in [5, 5.41) is 14.5. The van der Waals surface area contributed by atoms with Gasteiger partial charge in [0.15, 0.2) is 0 Å². The molecular weight excluding hydrogens is 757 g/mol. The Bertz CT molecular complexity index is 2190. The quantitative estimate of drug-likeness (QED) is 0.273. The summed E-state index contributed by atoms with van der Waals surface area (Å²) in [6.45, 7) is 11.6. The van der Waals surface area contributed by atoms with Crippen LogP contribution >= 0.6 is 0 Å². The van der Waals surface area contributed by atoms with E-state index >= 15 is 0 Å². The van der Waals surface area contributed by atoms with Gasteiger partial charge in [-0.15, -0.1) is 0 Å². The first-order valence-corrected chi connectivity index (χ1v) is 19.0. The Balaban J connectivity index is 0.877. The number of piperidine rings is 1. The number of nitrogens with zero attached hydrogens (tertiary/aromatic N) is 4. The van der Waals surface area contributed by atoms with E-state index in [2.05, 4.69) is 20.4 Å². The van der Waals surface area contributed by atoms with Gasteiger partial charge in [0.05, 0.1) is 28.3 Å². The van der Waals surface area contributed by atoms with Crippen LogP contribution in [0.3, 0.4) is 0 Å². The predicted octanol–water partition coefficient (Wildman–Crippen LogP) is 4.79. The number of hydrogen-bond acceptors (Lipinski definition) is 10. The van der Waals surface area contributed by atoms with Gasteiger partial charge in [-0.1, -0.05) is 27.7 Å². The summed E-state index contributed by atoms with van der Waals surface area (Å²) in [7, 11) is 0. The van der Waals surface area contributed by atoms with Crippen LogP contribution in [-0.2, 0) is 15.8 Å². The van der Waals surface area contributed by atoms with E-state index in [4.69, 9.17) is 14.7 Å². The number of anilines is 1. The number of rotatable bonds is 10. The van der Waals surface area contributed by atoms with Crippen molar-refractivity contribution < 1.29 is 46.6 Å². The summed E-state index contributed by atoms with van der Waals surface area (Å²) in [5.74, 6) is -2.10. The summed E-state index contributed by atoms with van der Waals surface area (Å²) in [6, 6.07) is 15.5. The zero-order valence-corrected chi connectivity index (χ0v) is 32.4. The van der Waals surface area contributed by atoms with E-state index in [1.54, 1.807) is 24.3 Å². The molecule has 0 spiro atoms. The SMILES string of the molecule is CC1(C)[C@H](NC(=O)c2ccc(N3CCN(CCOc4ccc5c(c4)C(=O)N(C4CCC(=O)NC4=O)C5=O)CC3)cc2)C(C)(C)[C@H]1Oc1ccc(C#N)c(C(F)(F)F)c1. The van der Waals surface area contributed by atoms with Gasteiger partial charge < -0.3 is 19.7 Å². The normalized spacial score (nSPS) is 22.8. The van der Waals surface area contributed by atoms with Crippen LogP contribution in [0, 0.1) is 22.2 Å². The maximum atomic E-state index is 13.6.